The first kappa shape index (κ1) is 16.7. The van der Waals surface area contributed by atoms with Gasteiger partial charge in [0, 0.05) is 25.2 Å². The molecule has 0 aliphatic carbocycles. The molecule has 1 aromatic heterocycles. The van der Waals surface area contributed by atoms with Crippen LogP contribution in [0.15, 0.2) is 30.6 Å². The number of aromatic nitrogens is 2. The Balaban J connectivity index is 1.77. The lowest BCUT2D eigenvalue weighted by molar-refractivity contribution is 0.199. The molecule has 1 aliphatic heterocycles. The van der Waals surface area contributed by atoms with E-state index >= 15 is 0 Å². The Morgan fingerprint density at radius 2 is 2.04 bits per heavy atom. The van der Waals surface area contributed by atoms with Crippen LogP contribution >= 0.6 is 0 Å². The van der Waals surface area contributed by atoms with Gasteiger partial charge in [0.05, 0.1) is 6.10 Å². The molecule has 2 heterocycles. The second-order valence-electron chi connectivity index (χ2n) is 6.59. The van der Waals surface area contributed by atoms with Gasteiger partial charge in [0.1, 0.15) is 18.0 Å². The average Bonchev–Trinajstić information content (AvgIpc) is 2.60. The van der Waals surface area contributed by atoms with Crippen LogP contribution in [0.3, 0.4) is 0 Å². The monoisotopic (exact) mass is 326 g/mol. The summed E-state index contributed by atoms with van der Waals surface area (Å²) in [7, 11) is 0. The zero-order chi connectivity index (χ0) is 17.1. The van der Waals surface area contributed by atoms with E-state index in [-0.39, 0.29) is 0 Å². The van der Waals surface area contributed by atoms with E-state index in [1.54, 1.807) is 6.33 Å². The molecule has 0 saturated carbocycles. The summed E-state index contributed by atoms with van der Waals surface area (Å²) < 4.78 is 0. The topological polar surface area (TPSA) is 61.3 Å². The standard InChI is InChI=1S/C19H26N4O/c1-4-13(2)22-18-10-19(21-12-20-18)23-8-7-16-9-15(14(3)24)5-6-17(16)11-23/h5-6,9-10,12-14,24H,4,7-8,11H2,1-3H3,(H,20,21,22)/t13-,14-/m1/s1. The highest BCUT2D eigenvalue weighted by Crippen LogP contribution is 2.26. The molecule has 0 radical (unpaired) electrons. The maximum Gasteiger partial charge on any atom is 0.134 e. The van der Waals surface area contributed by atoms with Crippen molar-refractivity contribution in [1.29, 1.82) is 0 Å². The Morgan fingerprint density at radius 3 is 2.79 bits per heavy atom. The third kappa shape index (κ3) is 3.67. The first-order chi connectivity index (χ1) is 11.6. The zero-order valence-electron chi connectivity index (χ0n) is 14.7. The van der Waals surface area contributed by atoms with Gasteiger partial charge in [-0.2, -0.15) is 0 Å². The van der Waals surface area contributed by atoms with E-state index in [4.69, 9.17) is 0 Å². The molecule has 1 aromatic carbocycles. The summed E-state index contributed by atoms with van der Waals surface area (Å²) in [5.74, 6) is 1.84. The summed E-state index contributed by atoms with van der Waals surface area (Å²) in [6.07, 6.45) is 3.24. The molecule has 0 bridgehead atoms. The van der Waals surface area contributed by atoms with Crippen molar-refractivity contribution in [1.82, 2.24) is 9.97 Å². The number of nitrogens with one attached hydrogen (secondary N) is 1. The van der Waals surface area contributed by atoms with E-state index in [9.17, 15) is 5.11 Å². The van der Waals surface area contributed by atoms with Gasteiger partial charge in [0.25, 0.3) is 0 Å². The Kier molecular flexibility index (Phi) is 5.00. The van der Waals surface area contributed by atoms with Crippen LogP contribution in [0.4, 0.5) is 11.6 Å². The van der Waals surface area contributed by atoms with E-state index in [1.807, 2.05) is 19.1 Å². The van der Waals surface area contributed by atoms with Gasteiger partial charge >= 0.3 is 0 Å². The fourth-order valence-electron chi connectivity index (χ4n) is 2.98. The molecule has 2 N–H and O–H groups in total. The minimum atomic E-state index is -0.413. The van der Waals surface area contributed by atoms with Crippen molar-refractivity contribution in [3.8, 4) is 0 Å². The molecule has 1 aliphatic rings. The van der Waals surface area contributed by atoms with Crippen molar-refractivity contribution in [2.75, 3.05) is 16.8 Å². The summed E-state index contributed by atoms with van der Waals surface area (Å²) >= 11 is 0. The van der Waals surface area contributed by atoms with Gasteiger partial charge in [-0.1, -0.05) is 25.1 Å². The number of rotatable bonds is 5. The largest absolute Gasteiger partial charge is 0.389 e. The number of aliphatic hydroxyl groups excluding tert-OH is 1. The van der Waals surface area contributed by atoms with Gasteiger partial charge in [0.2, 0.25) is 0 Å². The second-order valence-corrected chi connectivity index (χ2v) is 6.59. The van der Waals surface area contributed by atoms with E-state index < -0.39 is 6.10 Å². The highest BCUT2D eigenvalue weighted by molar-refractivity contribution is 5.51. The van der Waals surface area contributed by atoms with Gasteiger partial charge in [0.15, 0.2) is 0 Å². The van der Waals surface area contributed by atoms with Gasteiger partial charge < -0.3 is 15.3 Å². The van der Waals surface area contributed by atoms with Crippen LogP contribution in [0.25, 0.3) is 0 Å². The maximum atomic E-state index is 9.74. The summed E-state index contributed by atoms with van der Waals surface area (Å²) in [5, 5.41) is 13.1. The minimum absolute atomic E-state index is 0.397. The molecule has 128 valence electrons. The molecule has 0 fully saturated rings. The zero-order valence-corrected chi connectivity index (χ0v) is 14.7. The summed E-state index contributed by atoms with van der Waals surface area (Å²) in [6, 6.07) is 8.70. The Bertz CT molecular complexity index is 702. The van der Waals surface area contributed by atoms with Gasteiger partial charge in [-0.05, 0) is 43.4 Å². The minimum Gasteiger partial charge on any atom is -0.389 e. The van der Waals surface area contributed by atoms with Gasteiger partial charge in [-0.3, -0.25) is 0 Å². The van der Waals surface area contributed by atoms with Gasteiger partial charge in [-0.25, -0.2) is 9.97 Å². The predicted molar refractivity (Wildman–Crippen MR) is 97.2 cm³/mol. The summed E-state index contributed by atoms with van der Waals surface area (Å²) in [5.41, 5.74) is 3.63. The van der Waals surface area contributed by atoms with Crippen LogP contribution in [0.1, 0.15) is 50.0 Å². The van der Waals surface area contributed by atoms with Crippen LogP contribution < -0.4 is 10.2 Å². The van der Waals surface area contributed by atoms with E-state index in [2.05, 4.69) is 46.2 Å². The van der Waals surface area contributed by atoms with Crippen molar-refractivity contribution in [3.63, 3.8) is 0 Å². The van der Waals surface area contributed by atoms with Crippen molar-refractivity contribution < 1.29 is 5.11 Å². The Morgan fingerprint density at radius 1 is 1.21 bits per heavy atom. The molecule has 24 heavy (non-hydrogen) atoms. The van der Waals surface area contributed by atoms with Gasteiger partial charge in [-0.15, -0.1) is 0 Å². The molecule has 3 rings (SSSR count). The number of anilines is 2. The normalized spacial score (nSPS) is 16.4. The highest BCUT2D eigenvalue weighted by Gasteiger charge is 2.19. The molecule has 0 saturated heterocycles. The molecule has 0 amide bonds. The fraction of sp³-hybridized carbons (Fsp3) is 0.474. The lowest BCUT2D eigenvalue weighted by Gasteiger charge is -2.30. The molecule has 0 spiro atoms. The average molecular weight is 326 g/mol. The van der Waals surface area contributed by atoms with E-state index in [0.29, 0.717) is 6.04 Å². The smallest absolute Gasteiger partial charge is 0.134 e. The number of hydrogen-bond acceptors (Lipinski definition) is 5. The van der Waals surface area contributed by atoms with E-state index in [0.717, 1.165) is 43.1 Å². The third-order valence-electron chi connectivity index (χ3n) is 4.71. The van der Waals surface area contributed by atoms with Crippen molar-refractivity contribution in [3.05, 3.63) is 47.3 Å². The molecule has 2 aromatic rings. The lowest BCUT2D eigenvalue weighted by atomic mass is 9.96. The predicted octanol–water partition coefficient (Wildman–Crippen LogP) is 3.30. The lowest BCUT2D eigenvalue weighted by Crippen LogP contribution is -2.31. The first-order valence-electron chi connectivity index (χ1n) is 8.70. The van der Waals surface area contributed by atoms with Crippen LogP contribution in [0, 0.1) is 0 Å². The quantitative estimate of drug-likeness (QED) is 0.883. The summed E-state index contributed by atoms with van der Waals surface area (Å²) in [6.45, 7) is 7.89. The van der Waals surface area contributed by atoms with Crippen LogP contribution in [0.5, 0.6) is 0 Å². The maximum absolute atomic E-state index is 9.74. The molecule has 2 atom stereocenters. The molecule has 5 heteroatoms. The molecule has 0 unspecified atom stereocenters. The fourth-order valence-corrected chi connectivity index (χ4v) is 2.98. The molecular weight excluding hydrogens is 300 g/mol. The van der Waals surface area contributed by atoms with Crippen LogP contribution in [-0.4, -0.2) is 27.7 Å². The number of aliphatic hydroxyl groups is 1. The number of fused-ring (bicyclic) bond motifs is 1. The van der Waals surface area contributed by atoms with Crippen molar-refractivity contribution in [2.24, 2.45) is 0 Å². The second kappa shape index (κ2) is 7.18. The third-order valence-corrected chi connectivity index (χ3v) is 4.71. The Labute approximate surface area is 143 Å². The number of nitrogens with zero attached hydrogens (tertiary/aromatic N) is 3. The van der Waals surface area contributed by atoms with Crippen molar-refractivity contribution >= 4 is 11.6 Å². The molecule has 5 nitrogen and oxygen atoms in total. The summed E-state index contributed by atoms with van der Waals surface area (Å²) in [4.78, 5) is 11.1. The van der Waals surface area contributed by atoms with Crippen LogP contribution in [0.2, 0.25) is 0 Å². The molecular formula is C19H26N4O. The Hall–Kier alpha value is -2.14. The SMILES string of the molecule is CC[C@@H](C)Nc1cc(N2CCc3cc([C@@H](C)O)ccc3C2)ncn1. The van der Waals surface area contributed by atoms with Crippen LogP contribution in [-0.2, 0) is 13.0 Å². The van der Waals surface area contributed by atoms with E-state index in [1.165, 1.54) is 11.1 Å². The van der Waals surface area contributed by atoms with Crippen molar-refractivity contribution in [2.45, 2.75) is 52.3 Å². The number of benzene rings is 1. The first-order valence-corrected chi connectivity index (χ1v) is 8.70. The highest BCUT2D eigenvalue weighted by atomic mass is 16.3. The number of hydrogen-bond donors (Lipinski definition) is 2.